The quantitative estimate of drug-likeness (QED) is 0.552. The number of benzene rings is 2. The van der Waals surface area contributed by atoms with Crippen molar-refractivity contribution in [2.75, 3.05) is 6.61 Å². The van der Waals surface area contributed by atoms with Gasteiger partial charge in [-0.1, -0.05) is 5.21 Å². The van der Waals surface area contributed by atoms with Gasteiger partial charge in [0.25, 0.3) is 0 Å². The number of halogens is 6. The third-order valence-electron chi connectivity index (χ3n) is 3.79. The summed E-state index contributed by atoms with van der Waals surface area (Å²) in [6.07, 6.45) is -8.62. The average Bonchev–Trinajstić information content (AvgIpc) is 3.11. The Hall–Kier alpha value is -3.04. The van der Waals surface area contributed by atoms with Crippen LogP contribution in [0.2, 0.25) is 0 Å². The molecular formula is C18H13F6N3O. The van der Waals surface area contributed by atoms with Gasteiger partial charge in [-0.05, 0) is 49.4 Å². The van der Waals surface area contributed by atoms with E-state index in [1.165, 1.54) is 6.20 Å². The number of hydrogen-bond donors (Lipinski definition) is 0. The van der Waals surface area contributed by atoms with Crippen LogP contribution in [0.5, 0.6) is 5.75 Å². The molecule has 0 unspecified atom stereocenters. The van der Waals surface area contributed by atoms with E-state index in [0.717, 1.165) is 4.68 Å². The van der Waals surface area contributed by atoms with Gasteiger partial charge >= 0.3 is 12.4 Å². The summed E-state index contributed by atoms with van der Waals surface area (Å²) in [5, 5.41) is 7.50. The van der Waals surface area contributed by atoms with Crippen LogP contribution in [0.15, 0.2) is 48.7 Å². The Kier molecular flexibility index (Phi) is 5.05. The molecule has 0 saturated heterocycles. The van der Waals surface area contributed by atoms with E-state index in [1.54, 1.807) is 24.3 Å². The maximum Gasteiger partial charge on any atom is 0.416 e. The van der Waals surface area contributed by atoms with Gasteiger partial charge in [0.05, 0.1) is 29.6 Å². The van der Waals surface area contributed by atoms with Crippen molar-refractivity contribution in [2.45, 2.75) is 19.3 Å². The van der Waals surface area contributed by atoms with Crippen LogP contribution in [-0.2, 0) is 12.4 Å². The molecule has 0 atom stereocenters. The zero-order valence-electron chi connectivity index (χ0n) is 14.3. The minimum Gasteiger partial charge on any atom is -0.494 e. The molecule has 1 aromatic heterocycles. The van der Waals surface area contributed by atoms with E-state index in [0.29, 0.717) is 30.1 Å². The molecule has 0 aliphatic heterocycles. The molecule has 0 aliphatic carbocycles. The largest absolute Gasteiger partial charge is 0.494 e. The van der Waals surface area contributed by atoms with Crippen molar-refractivity contribution in [1.29, 1.82) is 0 Å². The van der Waals surface area contributed by atoms with E-state index in [-0.39, 0.29) is 11.8 Å². The molecule has 0 saturated carbocycles. The summed E-state index contributed by atoms with van der Waals surface area (Å²) in [5.41, 5.74) is -2.37. The normalized spacial score (nSPS) is 12.2. The third-order valence-corrected chi connectivity index (χ3v) is 3.79. The summed E-state index contributed by atoms with van der Waals surface area (Å²) in [7, 11) is 0. The Morgan fingerprint density at radius 2 is 1.46 bits per heavy atom. The molecule has 148 valence electrons. The van der Waals surface area contributed by atoms with E-state index >= 15 is 0 Å². The number of rotatable bonds is 4. The number of ether oxygens (including phenoxy) is 1. The first-order valence-electron chi connectivity index (χ1n) is 8.03. The summed E-state index contributed by atoms with van der Waals surface area (Å²) in [6.45, 7) is 2.30. The monoisotopic (exact) mass is 401 g/mol. The molecule has 0 bridgehead atoms. The number of aromatic nitrogens is 3. The average molecular weight is 401 g/mol. The maximum absolute atomic E-state index is 13.0. The van der Waals surface area contributed by atoms with Crippen molar-refractivity contribution >= 4 is 0 Å². The zero-order chi connectivity index (χ0) is 20.5. The number of hydrogen-bond acceptors (Lipinski definition) is 3. The lowest BCUT2D eigenvalue weighted by Crippen LogP contribution is -2.12. The van der Waals surface area contributed by atoms with Gasteiger partial charge in [-0.15, -0.1) is 5.10 Å². The first-order chi connectivity index (χ1) is 13.1. The summed E-state index contributed by atoms with van der Waals surface area (Å²) in [4.78, 5) is 0. The van der Waals surface area contributed by atoms with Crippen molar-refractivity contribution in [3.8, 4) is 22.7 Å². The lowest BCUT2D eigenvalue weighted by atomic mass is 10.1. The van der Waals surface area contributed by atoms with E-state index in [4.69, 9.17) is 4.74 Å². The second-order valence-electron chi connectivity index (χ2n) is 5.77. The Balaban J connectivity index is 2.00. The predicted molar refractivity (Wildman–Crippen MR) is 88.0 cm³/mol. The lowest BCUT2D eigenvalue weighted by molar-refractivity contribution is -0.143. The van der Waals surface area contributed by atoms with Crippen LogP contribution in [0, 0.1) is 0 Å². The van der Waals surface area contributed by atoms with Crippen LogP contribution in [0.25, 0.3) is 16.9 Å². The summed E-state index contributed by atoms with van der Waals surface area (Å²) >= 11 is 0. The number of alkyl halides is 6. The Morgan fingerprint density at radius 3 is 1.96 bits per heavy atom. The molecule has 3 rings (SSSR count). The van der Waals surface area contributed by atoms with Crippen LogP contribution in [-0.4, -0.2) is 21.6 Å². The molecule has 0 aliphatic rings. The molecule has 0 amide bonds. The van der Waals surface area contributed by atoms with Crippen molar-refractivity contribution in [3.05, 3.63) is 59.8 Å². The zero-order valence-corrected chi connectivity index (χ0v) is 14.3. The molecule has 0 fully saturated rings. The summed E-state index contributed by atoms with van der Waals surface area (Å²) in [5.74, 6) is 0.617. The number of nitrogens with zero attached hydrogens (tertiary/aromatic N) is 3. The third kappa shape index (κ3) is 4.26. The highest BCUT2D eigenvalue weighted by Crippen LogP contribution is 2.37. The van der Waals surface area contributed by atoms with Gasteiger partial charge in [-0.25, -0.2) is 4.68 Å². The highest BCUT2D eigenvalue weighted by Gasteiger charge is 2.37. The molecule has 0 N–H and O–H groups in total. The fraction of sp³-hybridized carbons (Fsp3) is 0.222. The van der Waals surface area contributed by atoms with Crippen LogP contribution >= 0.6 is 0 Å². The smallest absolute Gasteiger partial charge is 0.416 e. The van der Waals surface area contributed by atoms with Gasteiger partial charge in [0.1, 0.15) is 11.4 Å². The highest BCUT2D eigenvalue weighted by atomic mass is 19.4. The minimum absolute atomic E-state index is 0.0633. The van der Waals surface area contributed by atoms with E-state index < -0.39 is 29.2 Å². The van der Waals surface area contributed by atoms with Crippen LogP contribution < -0.4 is 4.74 Å². The van der Waals surface area contributed by atoms with Crippen molar-refractivity contribution in [3.63, 3.8) is 0 Å². The SMILES string of the molecule is CCOc1ccc(-c2cn(-c3cc(C(F)(F)F)cc(C(F)(F)F)c3)nn2)cc1. The Labute approximate surface area is 155 Å². The topological polar surface area (TPSA) is 39.9 Å². The molecule has 3 aromatic rings. The molecule has 0 spiro atoms. The molecule has 28 heavy (non-hydrogen) atoms. The lowest BCUT2D eigenvalue weighted by Gasteiger charge is -2.13. The van der Waals surface area contributed by atoms with Crippen molar-refractivity contribution in [1.82, 2.24) is 15.0 Å². The fourth-order valence-corrected chi connectivity index (χ4v) is 2.48. The molecule has 10 heteroatoms. The Bertz CT molecular complexity index is 928. The van der Waals surface area contributed by atoms with Crippen LogP contribution in [0.1, 0.15) is 18.1 Å². The van der Waals surface area contributed by atoms with Gasteiger partial charge in [0, 0.05) is 5.56 Å². The highest BCUT2D eigenvalue weighted by molar-refractivity contribution is 5.59. The molecular weight excluding hydrogens is 388 g/mol. The molecule has 4 nitrogen and oxygen atoms in total. The van der Waals surface area contributed by atoms with Gasteiger partial charge in [0.2, 0.25) is 0 Å². The second kappa shape index (κ2) is 7.17. The molecule has 1 heterocycles. The fourth-order valence-electron chi connectivity index (χ4n) is 2.48. The van der Waals surface area contributed by atoms with Crippen LogP contribution in [0.3, 0.4) is 0 Å². The standard InChI is InChI=1S/C18H13F6N3O/c1-2-28-15-5-3-11(4-6-15)16-10-27(26-25-16)14-8-12(17(19,20)21)7-13(9-14)18(22,23)24/h3-10H,2H2,1H3. The van der Waals surface area contributed by atoms with Crippen LogP contribution in [0.4, 0.5) is 26.3 Å². The summed E-state index contributed by atoms with van der Waals surface area (Å²) < 4.78 is 84.2. The van der Waals surface area contributed by atoms with Crippen molar-refractivity contribution in [2.24, 2.45) is 0 Å². The minimum atomic E-state index is -4.94. The summed E-state index contributed by atoms with van der Waals surface area (Å²) in [6, 6.07) is 7.90. The Morgan fingerprint density at radius 1 is 0.893 bits per heavy atom. The van der Waals surface area contributed by atoms with E-state index in [2.05, 4.69) is 10.3 Å². The van der Waals surface area contributed by atoms with E-state index in [1.807, 2.05) is 6.92 Å². The second-order valence-corrected chi connectivity index (χ2v) is 5.77. The van der Waals surface area contributed by atoms with Crippen molar-refractivity contribution < 1.29 is 31.1 Å². The van der Waals surface area contributed by atoms with Gasteiger partial charge in [0.15, 0.2) is 0 Å². The molecule has 0 radical (unpaired) electrons. The first-order valence-corrected chi connectivity index (χ1v) is 8.03. The van der Waals surface area contributed by atoms with Gasteiger partial charge in [-0.3, -0.25) is 0 Å². The first kappa shape index (κ1) is 19.7. The molecule has 2 aromatic carbocycles. The van der Waals surface area contributed by atoms with Gasteiger partial charge < -0.3 is 4.74 Å². The maximum atomic E-state index is 13.0. The van der Waals surface area contributed by atoms with E-state index in [9.17, 15) is 26.3 Å². The predicted octanol–water partition coefficient (Wildman–Crippen LogP) is 5.37. The van der Waals surface area contributed by atoms with Gasteiger partial charge in [-0.2, -0.15) is 26.3 Å².